The van der Waals surface area contributed by atoms with Gasteiger partial charge >= 0.3 is 11.8 Å². The Bertz CT molecular complexity index is 434. The van der Waals surface area contributed by atoms with Crippen LogP contribution >= 0.6 is 0 Å². The van der Waals surface area contributed by atoms with E-state index in [1.165, 1.54) is 0 Å². The fourth-order valence-corrected chi connectivity index (χ4v) is 2.45. The Labute approximate surface area is 95.8 Å². The molecular formula is C12H19N2O2+. The average molecular weight is 223 g/mol. The summed E-state index contributed by atoms with van der Waals surface area (Å²) in [7, 11) is 0. The number of nitrogens with zero attached hydrogens (tertiary/aromatic N) is 2. The summed E-state index contributed by atoms with van der Waals surface area (Å²) in [5, 5.41) is 0. The summed E-state index contributed by atoms with van der Waals surface area (Å²) in [5.41, 5.74) is 0.0392. The van der Waals surface area contributed by atoms with Gasteiger partial charge in [-0.2, -0.15) is 9.13 Å². The molecule has 0 fully saturated rings. The molecule has 0 bridgehead atoms. The Hall–Kier alpha value is -1.19. The minimum atomic E-state index is 0.0392. The number of aromatic nitrogens is 2. The zero-order valence-electron chi connectivity index (χ0n) is 10.4. The lowest BCUT2D eigenvalue weighted by Crippen LogP contribution is -2.40. The van der Waals surface area contributed by atoms with Crippen LogP contribution < -0.4 is 14.0 Å². The predicted octanol–water partition coefficient (Wildman–Crippen LogP) is 1.49. The summed E-state index contributed by atoms with van der Waals surface area (Å²) >= 11 is 0. The molecule has 1 atom stereocenters. The second kappa shape index (κ2) is 2.93. The van der Waals surface area contributed by atoms with Gasteiger partial charge in [-0.25, -0.2) is 0 Å². The molecule has 1 aromatic rings. The first-order valence-corrected chi connectivity index (χ1v) is 5.93. The lowest BCUT2D eigenvalue weighted by atomic mass is 10.1. The van der Waals surface area contributed by atoms with Crippen LogP contribution in [0.15, 0.2) is 6.33 Å². The van der Waals surface area contributed by atoms with Gasteiger partial charge in [0.1, 0.15) is 24.8 Å². The second-order valence-corrected chi connectivity index (χ2v) is 5.73. The Balaban J connectivity index is 2.08. The highest BCUT2D eigenvalue weighted by atomic mass is 16.5. The van der Waals surface area contributed by atoms with Crippen LogP contribution in [0.2, 0.25) is 0 Å². The average Bonchev–Trinajstić information content (AvgIpc) is 2.77. The smallest absolute Gasteiger partial charge is 0.373 e. The monoisotopic (exact) mass is 223 g/mol. The standard InChI is InChI=1S/C12H19N2O2/c1-8(2)9-5-15-10-11-14(7-13(9)10)12(3,4)6-16-11/h7-9H,5-6H2,1-4H3/q+1/t9-/m1/s1. The molecule has 88 valence electrons. The van der Waals surface area contributed by atoms with Crippen LogP contribution in [0.3, 0.4) is 0 Å². The summed E-state index contributed by atoms with van der Waals surface area (Å²) < 4.78 is 15.9. The molecule has 1 aromatic heterocycles. The van der Waals surface area contributed by atoms with Crippen molar-refractivity contribution in [3.63, 3.8) is 0 Å². The third kappa shape index (κ3) is 1.13. The molecule has 0 saturated carbocycles. The highest BCUT2D eigenvalue weighted by Gasteiger charge is 2.47. The normalized spacial score (nSPS) is 25.2. The molecule has 0 amide bonds. The van der Waals surface area contributed by atoms with Crippen LogP contribution in [0.1, 0.15) is 33.7 Å². The van der Waals surface area contributed by atoms with E-state index in [0.717, 1.165) is 25.0 Å². The van der Waals surface area contributed by atoms with Crippen LogP contribution in [0, 0.1) is 5.92 Å². The van der Waals surface area contributed by atoms with Gasteiger partial charge in [0.25, 0.3) is 6.33 Å². The molecule has 0 saturated heterocycles. The van der Waals surface area contributed by atoms with Crippen LogP contribution in [0.5, 0.6) is 11.8 Å². The molecule has 3 heterocycles. The van der Waals surface area contributed by atoms with Crippen molar-refractivity contribution < 1.29 is 14.0 Å². The van der Waals surface area contributed by atoms with Gasteiger partial charge in [-0.3, -0.25) is 0 Å². The van der Waals surface area contributed by atoms with Crippen molar-refractivity contribution in [2.45, 2.75) is 39.3 Å². The van der Waals surface area contributed by atoms with Gasteiger partial charge in [0.2, 0.25) is 0 Å². The first-order chi connectivity index (χ1) is 7.50. The Kier molecular flexibility index (Phi) is 1.83. The molecule has 4 heteroatoms. The number of imidazole rings is 1. The molecule has 0 aromatic carbocycles. The first-order valence-electron chi connectivity index (χ1n) is 5.93. The number of rotatable bonds is 1. The highest BCUT2D eigenvalue weighted by Crippen LogP contribution is 2.40. The summed E-state index contributed by atoms with van der Waals surface area (Å²) in [4.78, 5) is 0. The van der Waals surface area contributed by atoms with E-state index in [-0.39, 0.29) is 5.54 Å². The first kappa shape index (κ1) is 10.00. The zero-order chi connectivity index (χ0) is 11.5. The predicted molar refractivity (Wildman–Crippen MR) is 58.8 cm³/mol. The van der Waals surface area contributed by atoms with Crippen LogP contribution in [-0.4, -0.2) is 17.8 Å². The fourth-order valence-electron chi connectivity index (χ4n) is 2.45. The minimum Gasteiger partial charge on any atom is -0.452 e. The second-order valence-electron chi connectivity index (χ2n) is 5.73. The third-order valence-corrected chi connectivity index (χ3v) is 3.61. The van der Waals surface area contributed by atoms with E-state index in [1.54, 1.807) is 0 Å². The van der Waals surface area contributed by atoms with Crippen molar-refractivity contribution in [3.8, 4) is 11.8 Å². The summed E-state index contributed by atoms with van der Waals surface area (Å²) in [6, 6.07) is 0.437. The van der Waals surface area contributed by atoms with Crippen molar-refractivity contribution in [2.24, 2.45) is 5.92 Å². The third-order valence-electron chi connectivity index (χ3n) is 3.61. The molecule has 2 aliphatic rings. The Morgan fingerprint density at radius 3 is 2.88 bits per heavy atom. The van der Waals surface area contributed by atoms with E-state index in [1.807, 2.05) is 0 Å². The van der Waals surface area contributed by atoms with Crippen molar-refractivity contribution in [1.29, 1.82) is 0 Å². The lowest BCUT2D eigenvalue weighted by molar-refractivity contribution is -0.711. The maximum atomic E-state index is 5.77. The quantitative estimate of drug-likeness (QED) is 0.675. The zero-order valence-corrected chi connectivity index (χ0v) is 10.4. The van der Waals surface area contributed by atoms with Gasteiger partial charge in [0, 0.05) is 0 Å². The van der Waals surface area contributed by atoms with Gasteiger partial charge in [-0.15, -0.1) is 0 Å². The molecule has 0 N–H and O–H groups in total. The molecule has 2 aliphatic heterocycles. The minimum absolute atomic E-state index is 0.0392. The van der Waals surface area contributed by atoms with Gasteiger partial charge in [0.15, 0.2) is 0 Å². The van der Waals surface area contributed by atoms with Crippen LogP contribution in [0.4, 0.5) is 0 Å². The van der Waals surface area contributed by atoms with Crippen molar-refractivity contribution in [1.82, 2.24) is 4.57 Å². The number of hydrogen-bond acceptors (Lipinski definition) is 2. The van der Waals surface area contributed by atoms with Crippen molar-refractivity contribution >= 4 is 0 Å². The molecule has 0 unspecified atom stereocenters. The largest absolute Gasteiger partial charge is 0.452 e. The maximum Gasteiger partial charge on any atom is 0.373 e. The van der Waals surface area contributed by atoms with E-state index in [2.05, 4.69) is 43.2 Å². The number of hydrogen-bond donors (Lipinski definition) is 0. The molecule has 16 heavy (non-hydrogen) atoms. The molecule has 0 spiro atoms. The van der Waals surface area contributed by atoms with Gasteiger partial charge in [-0.1, -0.05) is 13.8 Å². The fraction of sp³-hybridized carbons (Fsp3) is 0.750. The van der Waals surface area contributed by atoms with E-state index < -0.39 is 0 Å². The van der Waals surface area contributed by atoms with Gasteiger partial charge in [-0.05, 0) is 19.8 Å². The summed E-state index contributed by atoms with van der Waals surface area (Å²) in [6.07, 6.45) is 2.15. The Morgan fingerprint density at radius 2 is 2.19 bits per heavy atom. The van der Waals surface area contributed by atoms with Crippen molar-refractivity contribution in [3.05, 3.63) is 6.33 Å². The molecule has 0 aliphatic carbocycles. The topological polar surface area (TPSA) is 27.3 Å². The summed E-state index contributed by atoms with van der Waals surface area (Å²) in [5.74, 6) is 2.38. The molecular weight excluding hydrogens is 204 g/mol. The lowest BCUT2D eigenvalue weighted by Gasteiger charge is -2.13. The van der Waals surface area contributed by atoms with Gasteiger partial charge in [0.05, 0.1) is 0 Å². The molecule has 4 nitrogen and oxygen atoms in total. The van der Waals surface area contributed by atoms with Gasteiger partial charge < -0.3 is 9.47 Å². The van der Waals surface area contributed by atoms with Crippen molar-refractivity contribution in [2.75, 3.05) is 13.2 Å². The van der Waals surface area contributed by atoms with E-state index >= 15 is 0 Å². The molecule has 3 rings (SSSR count). The van der Waals surface area contributed by atoms with Crippen LogP contribution in [0.25, 0.3) is 0 Å². The number of fused-ring (bicyclic) bond motifs is 3. The van der Waals surface area contributed by atoms with E-state index in [0.29, 0.717) is 12.0 Å². The molecule has 0 radical (unpaired) electrons. The highest BCUT2D eigenvalue weighted by molar-refractivity contribution is 5.27. The summed E-state index contributed by atoms with van der Waals surface area (Å²) in [6.45, 7) is 10.3. The SMILES string of the molecule is CC(C)[C@H]1COc2c3n(c[n+]21)C(C)(C)CO3. The van der Waals surface area contributed by atoms with E-state index in [9.17, 15) is 0 Å². The maximum absolute atomic E-state index is 5.77. The number of ether oxygens (including phenoxy) is 2. The van der Waals surface area contributed by atoms with E-state index in [4.69, 9.17) is 9.47 Å². The Morgan fingerprint density at radius 1 is 1.44 bits per heavy atom. The van der Waals surface area contributed by atoms with Crippen LogP contribution in [-0.2, 0) is 5.54 Å².